The first-order valence-corrected chi connectivity index (χ1v) is 6.38. The van der Waals surface area contributed by atoms with E-state index in [0.29, 0.717) is 23.3 Å². The number of carbonyl (C=O) groups excluding carboxylic acids is 1. The van der Waals surface area contributed by atoms with Crippen molar-refractivity contribution >= 4 is 22.8 Å². The highest BCUT2D eigenvalue weighted by Gasteiger charge is 2.33. The van der Waals surface area contributed by atoms with Crippen LogP contribution in [0.15, 0.2) is 0 Å². The maximum Gasteiger partial charge on any atom is 0.406 e. The molecule has 0 saturated heterocycles. The number of aryl methyl sites for hydroxylation is 1. The Hall–Kier alpha value is -1.11. The first-order valence-electron chi connectivity index (χ1n) is 5.56. The van der Waals surface area contributed by atoms with Gasteiger partial charge in [0.1, 0.15) is 6.54 Å². The SMILES string of the molecule is CCc1nc(N(CC(F)(F)F)C(C)C)sc1C=O. The van der Waals surface area contributed by atoms with Gasteiger partial charge in [0.2, 0.25) is 0 Å². The average Bonchev–Trinajstić information content (AvgIpc) is 2.67. The second-order valence-corrected chi connectivity index (χ2v) is 5.12. The van der Waals surface area contributed by atoms with Crippen LogP contribution in [-0.2, 0) is 6.42 Å². The maximum absolute atomic E-state index is 12.5. The van der Waals surface area contributed by atoms with Crippen LogP contribution in [0.4, 0.5) is 18.3 Å². The lowest BCUT2D eigenvalue weighted by Crippen LogP contribution is -2.39. The van der Waals surface area contributed by atoms with Crippen LogP contribution in [0.1, 0.15) is 36.1 Å². The predicted octanol–water partition coefficient (Wildman–Crippen LogP) is 3.30. The predicted molar refractivity (Wildman–Crippen MR) is 65.4 cm³/mol. The largest absolute Gasteiger partial charge is 0.406 e. The minimum Gasteiger partial charge on any atom is -0.337 e. The molecule has 0 N–H and O–H groups in total. The highest BCUT2D eigenvalue weighted by molar-refractivity contribution is 7.17. The van der Waals surface area contributed by atoms with Gasteiger partial charge < -0.3 is 4.90 Å². The van der Waals surface area contributed by atoms with Crippen molar-refractivity contribution in [2.75, 3.05) is 11.4 Å². The number of nitrogens with zero attached hydrogens (tertiary/aromatic N) is 2. The summed E-state index contributed by atoms with van der Waals surface area (Å²) in [7, 11) is 0. The monoisotopic (exact) mass is 280 g/mol. The highest BCUT2D eigenvalue weighted by atomic mass is 32.1. The third kappa shape index (κ3) is 3.69. The number of aldehydes is 1. The molecule has 0 bridgehead atoms. The van der Waals surface area contributed by atoms with Gasteiger partial charge in [0.15, 0.2) is 11.4 Å². The van der Waals surface area contributed by atoms with E-state index in [2.05, 4.69) is 4.98 Å². The lowest BCUT2D eigenvalue weighted by atomic mass is 10.3. The first-order chi connectivity index (χ1) is 8.28. The first kappa shape index (κ1) is 14.9. The molecule has 0 aliphatic carbocycles. The summed E-state index contributed by atoms with van der Waals surface area (Å²) in [6, 6.07) is -0.331. The van der Waals surface area contributed by atoms with Crippen molar-refractivity contribution in [2.24, 2.45) is 0 Å². The van der Waals surface area contributed by atoms with Crippen molar-refractivity contribution in [2.45, 2.75) is 39.4 Å². The van der Waals surface area contributed by atoms with Crippen molar-refractivity contribution in [3.05, 3.63) is 10.6 Å². The van der Waals surface area contributed by atoms with E-state index in [4.69, 9.17) is 0 Å². The molecule has 0 aromatic carbocycles. The van der Waals surface area contributed by atoms with Gasteiger partial charge in [-0.05, 0) is 20.3 Å². The van der Waals surface area contributed by atoms with Gasteiger partial charge in [-0.3, -0.25) is 4.79 Å². The molecule has 7 heteroatoms. The Balaban J connectivity index is 3.06. The van der Waals surface area contributed by atoms with E-state index in [1.807, 2.05) is 6.92 Å². The van der Waals surface area contributed by atoms with Gasteiger partial charge in [0.25, 0.3) is 0 Å². The third-order valence-electron chi connectivity index (χ3n) is 2.38. The molecule has 1 heterocycles. The van der Waals surface area contributed by atoms with Crippen LogP contribution in [-0.4, -0.2) is 30.0 Å². The average molecular weight is 280 g/mol. The van der Waals surface area contributed by atoms with Crippen LogP contribution in [0.5, 0.6) is 0 Å². The summed E-state index contributed by atoms with van der Waals surface area (Å²) in [5, 5.41) is 0.251. The Bertz CT molecular complexity index is 415. The van der Waals surface area contributed by atoms with Gasteiger partial charge in [-0.25, -0.2) is 4.98 Å². The summed E-state index contributed by atoms with van der Waals surface area (Å²) in [4.78, 5) is 16.5. The van der Waals surface area contributed by atoms with Gasteiger partial charge >= 0.3 is 6.18 Å². The normalized spacial score (nSPS) is 11.9. The molecule has 0 radical (unpaired) electrons. The van der Waals surface area contributed by atoms with E-state index in [1.165, 1.54) is 0 Å². The van der Waals surface area contributed by atoms with Crippen molar-refractivity contribution < 1.29 is 18.0 Å². The number of aromatic nitrogens is 1. The highest BCUT2D eigenvalue weighted by Crippen LogP contribution is 2.29. The second-order valence-electron chi connectivity index (χ2n) is 4.12. The molecule has 3 nitrogen and oxygen atoms in total. The van der Waals surface area contributed by atoms with E-state index in [9.17, 15) is 18.0 Å². The number of hydrogen-bond acceptors (Lipinski definition) is 4. The fourth-order valence-electron chi connectivity index (χ4n) is 1.48. The molecule has 18 heavy (non-hydrogen) atoms. The molecule has 0 aliphatic heterocycles. The fourth-order valence-corrected chi connectivity index (χ4v) is 2.58. The number of anilines is 1. The van der Waals surface area contributed by atoms with Gasteiger partial charge in [-0.15, -0.1) is 0 Å². The Morgan fingerprint density at radius 3 is 2.39 bits per heavy atom. The molecule has 0 saturated carbocycles. The molecule has 0 fully saturated rings. The Labute approximate surface area is 108 Å². The number of carbonyl (C=O) groups is 1. The van der Waals surface area contributed by atoms with Crippen molar-refractivity contribution in [3.63, 3.8) is 0 Å². The molecule has 0 aliphatic rings. The van der Waals surface area contributed by atoms with Crippen LogP contribution in [0.3, 0.4) is 0 Å². The molecule has 1 aromatic heterocycles. The van der Waals surface area contributed by atoms with Gasteiger partial charge in [-0.1, -0.05) is 18.3 Å². The standard InChI is InChI=1S/C11H15F3N2OS/c1-4-8-9(5-17)18-10(15-8)16(7(2)3)6-11(12,13)14/h5,7H,4,6H2,1-3H3. The van der Waals surface area contributed by atoms with Crippen molar-refractivity contribution in [1.29, 1.82) is 0 Å². The molecule has 0 atom stereocenters. The number of thiazole rings is 1. The minimum absolute atomic E-state index is 0.251. The van der Waals surface area contributed by atoms with Crippen LogP contribution in [0, 0.1) is 0 Å². The zero-order valence-electron chi connectivity index (χ0n) is 10.4. The number of alkyl halides is 3. The molecule has 0 unspecified atom stereocenters. The van der Waals surface area contributed by atoms with E-state index < -0.39 is 12.7 Å². The number of hydrogen-bond donors (Lipinski definition) is 0. The minimum atomic E-state index is -4.29. The lowest BCUT2D eigenvalue weighted by Gasteiger charge is -2.27. The zero-order valence-corrected chi connectivity index (χ0v) is 11.2. The third-order valence-corrected chi connectivity index (χ3v) is 3.44. The lowest BCUT2D eigenvalue weighted by molar-refractivity contribution is -0.120. The van der Waals surface area contributed by atoms with Crippen LogP contribution < -0.4 is 4.90 Å². The summed E-state index contributed by atoms with van der Waals surface area (Å²) in [6.07, 6.45) is -3.11. The summed E-state index contributed by atoms with van der Waals surface area (Å²) in [5.74, 6) is 0. The molecular formula is C11H15F3N2OS. The summed E-state index contributed by atoms with van der Waals surface area (Å²) >= 11 is 1.01. The molecule has 1 aromatic rings. The molecule has 0 amide bonds. The number of rotatable bonds is 5. The maximum atomic E-state index is 12.5. The Kier molecular flexibility index (Phi) is 4.72. The van der Waals surface area contributed by atoms with E-state index in [-0.39, 0.29) is 11.2 Å². The Morgan fingerprint density at radius 1 is 1.44 bits per heavy atom. The Morgan fingerprint density at radius 2 is 2.06 bits per heavy atom. The zero-order chi connectivity index (χ0) is 13.9. The summed E-state index contributed by atoms with van der Waals surface area (Å²) < 4.78 is 37.5. The van der Waals surface area contributed by atoms with E-state index in [0.717, 1.165) is 16.2 Å². The quantitative estimate of drug-likeness (QED) is 0.776. The summed E-state index contributed by atoms with van der Waals surface area (Å²) in [5.41, 5.74) is 0.554. The van der Waals surface area contributed by atoms with E-state index in [1.54, 1.807) is 13.8 Å². The molecule has 1 rings (SSSR count). The van der Waals surface area contributed by atoms with Gasteiger partial charge in [0, 0.05) is 6.04 Å². The second kappa shape index (κ2) is 5.69. The summed E-state index contributed by atoms with van der Waals surface area (Å²) in [6.45, 7) is 4.09. The smallest absolute Gasteiger partial charge is 0.337 e. The molecule has 102 valence electrons. The van der Waals surface area contributed by atoms with Gasteiger partial charge in [-0.2, -0.15) is 13.2 Å². The van der Waals surface area contributed by atoms with Crippen LogP contribution >= 0.6 is 11.3 Å². The van der Waals surface area contributed by atoms with Crippen molar-refractivity contribution in [1.82, 2.24) is 4.98 Å². The van der Waals surface area contributed by atoms with E-state index >= 15 is 0 Å². The molecular weight excluding hydrogens is 265 g/mol. The van der Waals surface area contributed by atoms with Crippen molar-refractivity contribution in [3.8, 4) is 0 Å². The molecule has 0 spiro atoms. The topological polar surface area (TPSA) is 33.2 Å². The van der Waals surface area contributed by atoms with Crippen LogP contribution in [0.2, 0.25) is 0 Å². The van der Waals surface area contributed by atoms with Gasteiger partial charge in [0.05, 0.1) is 10.6 Å². The fraction of sp³-hybridized carbons (Fsp3) is 0.636. The van der Waals surface area contributed by atoms with Crippen LogP contribution in [0.25, 0.3) is 0 Å². The number of halogens is 3.